The Labute approximate surface area is 255 Å². The molecule has 212 valence electrons. The van der Waals surface area contributed by atoms with Crippen molar-refractivity contribution < 1.29 is 9.59 Å². The number of nitrogens with one attached hydrogen (secondary N) is 1. The molecule has 2 aliphatic rings. The van der Waals surface area contributed by atoms with E-state index in [1.54, 1.807) is 16.4 Å². The Balaban J connectivity index is 1.59. The molecular weight excluding hydrogens is 612 g/mol. The monoisotopic (exact) mass is 640 g/mol. The third-order valence-electron chi connectivity index (χ3n) is 7.71. The zero-order valence-electron chi connectivity index (χ0n) is 23.6. The third kappa shape index (κ3) is 4.66. The van der Waals surface area contributed by atoms with Crippen molar-refractivity contribution in [2.45, 2.75) is 39.7 Å². The van der Waals surface area contributed by atoms with Crippen LogP contribution in [0.25, 0.3) is 5.57 Å². The summed E-state index contributed by atoms with van der Waals surface area (Å²) in [7, 11) is 0. The number of halogens is 1. The highest BCUT2D eigenvalue weighted by Gasteiger charge is 2.36. The molecule has 1 atom stereocenters. The number of aromatic nitrogens is 1. The lowest BCUT2D eigenvalue weighted by Gasteiger charge is -2.25. The second-order valence-electron chi connectivity index (χ2n) is 10.6. The van der Waals surface area contributed by atoms with Crippen LogP contribution in [0.4, 0.5) is 11.4 Å². The Hall–Kier alpha value is -4.08. The normalized spacial score (nSPS) is 17.3. The zero-order valence-corrected chi connectivity index (χ0v) is 26.0. The average molecular weight is 642 g/mol. The number of fused-ring (bicyclic) bond motifs is 2. The fraction of sp³-hybridized carbons (Fsp3) is 0.212. The van der Waals surface area contributed by atoms with Crippen molar-refractivity contribution in [3.05, 3.63) is 125 Å². The van der Waals surface area contributed by atoms with Crippen LogP contribution in [0.15, 0.2) is 98.3 Å². The molecule has 6 rings (SSSR count). The highest BCUT2D eigenvalue weighted by molar-refractivity contribution is 9.10. The van der Waals surface area contributed by atoms with E-state index in [2.05, 4.69) is 35.1 Å². The summed E-state index contributed by atoms with van der Waals surface area (Å²) in [6, 6.07) is 22.2. The highest BCUT2D eigenvalue weighted by Crippen LogP contribution is 2.37. The topological polar surface area (TPSA) is 83.8 Å². The van der Waals surface area contributed by atoms with E-state index >= 15 is 0 Å². The summed E-state index contributed by atoms with van der Waals surface area (Å²) in [5.41, 5.74) is 5.00. The predicted octanol–water partition coefficient (Wildman–Crippen LogP) is 5.50. The Bertz CT molecular complexity index is 1960. The van der Waals surface area contributed by atoms with Gasteiger partial charge in [0.05, 0.1) is 28.6 Å². The Kier molecular flexibility index (Phi) is 7.32. The first-order valence-corrected chi connectivity index (χ1v) is 15.4. The largest absolute Gasteiger partial charge is 0.322 e. The van der Waals surface area contributed by atoms with Gasteiger partial charge in [-0.05, 0) is 61.2 Å². The molecule has 9 heteroatoms. The van der Waals surface area contributed by atoms with E-state index in [1.807, 2.05) is 79.7 Å². The predicted molar refractivity (Wildman–Crippen MR) is 170 cm³/mol. The van der Waals surface area contributed by atoms with Gasteiger partial charge >= 0.3 is 0 Å². The van der Waals surface area contributed by atoms with Crippen molar-refractivity contribution in [1.82, 2.24) is 4.57 Å². The molecule has 42 heavy (non-hydrogen) atoms. The van der Waals surface area contributed by atoms with Crippen LogP contribution < -0.4 is 25.1 Å². The van der Waals surface area contributed by atoms with Crippen LogP contribution in [-0.2, 0) is 9.59 Å². The number of nitrogens with zero attached hydrogens (tertiary/aromatic N) is 3. The lowest BCUT2D eigenvalue weighted by atomic mass is 9.93. The molecule has 3 heterocycles. The number of thiazole rings is 1. The molecule has 0 bridgehead atoms. The summed E-state index contributed by atoms with van der Waals surface area (Å²) in [4.78, 5) is 48.8. The molecule has 2 amide bonds. The summed E-state index contributed by atoms with van der Waals surface area (Å²) in [5.74, 6) is -0.219. The number of carbonyl (C=O) groups excluding carboxylic acids is 2. The summed E-state index contributed by atoms with van der Waals surface area (Å²) >= 11 is 4.72. The van der Waals surface area contributed by atoms with Crippen LogP contribution in [0.3, 0.4) is 0 Å². The second kappa shape index (κ2) is 11.0. The van der Waals surface area contributed by atoms with Gasteiger partial charge in [-0.2, -0.15) is 0 Å². The molecule has 1 N–H and O–H groups in total. The van der Waals surface area contributed by atoms with Crippen molar-refractivity contribution in [1.29, 1.82) is 0 Å². The molecule has 3 aromatic carbocycles. The van der Waals surface area contributed by atoms with Gasteiger partial charge in [0.25, 0.3) is 17.4 Å². The standard InChI is InChI=1S/C33H29BrN4O3S/c1-5-37-25-16-15-22(34)17-24(25)27(31(37)40)29-32(41)38-28(21-13-11-20(12-14-21)18(2)3)26(19(4)35-33(38)42-29)30(39)36-23-9-7-6-8-10-23/h6-18,28H,5H2,1-4H3,(H,36,39)/b29-27+/t28-/m1/s1. The molecule has 0 spiro atoms. The van der Waals surface area contributed by atoms with Gasteiger partial charge in [0.15, 0.2) is 4.80 Å². The quantitative estimate of drug-likeness (QED) is 0.313. The van der Waals surface area contributed by atoms with Crippen LogP contribution in [0.2, 0.25) is 0 Å². The van der Waals surface area contributed by atoms with Gasteiger partial charge in [-0.1, -0.05) is 83.6 Å². The molecule has 0 aliphatic carbocycles. The summed E-state index contributed by atoms with van der Waals surface area (Å²) in [5, 5.41) is 2.98. The first-order chi connectivity index (χ1) is 20.2. The molecule has 7 nitrogen and oxygen atoms in total. The number of anilines is 2. The van der Waals surface area contributed by atoms with Crippen LogP contribution >= 0.6 is 27.3 Å². The maximum atomic E-state index is 14.4. The molecule has 0 saturated heterocycles. The number of allylic oxidation sites excluding steroid dienone is 1. The number of para-hydroxylation sites is 1. The average Bonchev–Trinajstić information content (AvgIpc) is 3.43. The first kappa shape index (κ1) is 28.1. The van der Waals surface area contributed by atoms with E-state index in [0.29, 0.717) is 49.9 Å². The maximum absolute atomic E-state index is 14.4. The number of likely N-dealkylation sites (N-methyl/N-ethyl adjacent to an activating group) is 1. The van der Waals surface area contributed by atoms with Crippen LogP contribution in [0.5, 0.6) is 0 Å². The summed E-state index contributed by atoms with van der Waals surface area (Å²) < 4.78 is 2.70. The van der Waals surface area contributed by atoms with Gasteiger partial charge in [0.2, 0.25) is 0 Å². The fourth-order valence-electron chi connectivity index (χ4n) is 5.60. The first-order valence-electron chi connectivity index (χ1n) is 13.8. The number of amides is 2. The Morgan fingerprint density at radius 2 is 1.76 bits per heavy atom. The van der Waals surface area contributed by atoms with Gasteiger partial charge in [-0.15, -0.1) is 0 Å². The molecule has 0 unspecified atom stereocenters. The van der Waals surface area contributed by atoms with Gasteiger partial charge in [0, 0.05) is 22.3 Å². The van der Waals surface area contributed by atoms with Crippen LogP contribution in [0, 0.1) is 0 Å². The number of hydrogen-bond donors (Lipinski definition) is 1. The van der Waals surface area contributed by atoms with E-state index in [4.69, 9.17) is 4.99 Å². The summed E-state index contributed by atoms with van der Waals surface area (Å²) in [6.07, 6.45) is 0. The minimum Gasteiger partial charge on any atom is -0.322 e. The molecular formula is C33H29BrN4O3S. The molecule has 1 aromatic heterocycles. The number of hydrogen-bond acceptors (Lipinski definition) is 5. The van der Waals surface area contributed by atoms with Crippen molar-refractivity contribution in [2.75, 3.05) is 16.8 Å². The fourth-order valence-corrected chi connectivity index (χ4v) is 7.10. The highest BCUT2D eigenvalue weighted by atomic mass is 79.9. The Morgan fingerprint density at radius 1 is 1.05 bits per heavy atom. The lowest BCUT2D eigenvalue weighted by Crippen LogP contribution is -2.41. The van der Waals surface area contributed by atoms with Gasteiger partial charge < -0.3 is 10.2 Å². The van der Waals surface area contributed by atoms with E-state index in [9.17, 15) is 14.4 Å². The van der Waals surface area contributed by atoms with Crippen molar-refractivity contribution in [3.63, 3.8) is 0 Å². The molecule has 4 aromatic rings. The van der Waals surface area contributed by atoms with Gasteiger partial charge in [0.1, 0.15) is 4.53 Å². The molecule has 0 radical (unpaired) electrons. The smallest absolute Gasteiger partial charge is 0.271 e. The number of rotatable bonds is 5. The Morgan fingerprint density at radius 3 is 2.43 bits per heavy atom. The molecule has 0 saturated carbocycles. The van der Waals surface area contributed by atoms with Gasteiger partial charge in [-0.3, -0.25) is 19.0 Å². The van der Waals surface area contributed by atoms with E-state index < -0.39 is 6.04 Å². The van der Waals surface area contributed by atoms with E-state index in [0.717, 1.165) is 21.3 Å². The number of carbonyl (C=O) groups is 2. The van der Waals surface area contributed by atoms with Crippen molar-refractivity contribution >= 4 is 56.0 Å². The second-order valence-corrected chi connectivity index (χ2v) is 12.5. The molecule has 2 aliphatic heterocycles. The van der Waals surface area contributed by atoms with Gasteiger partial charge in [-0.25, -0.2) is 4.99 Å². The number of benzene rings is 3. The van der Waals surface area contributed by atoms with E-state index in [-0.39, 0.29) is 17.4 Å². The zero-order chi connectivity index (χ0) is 29.7. The van der Waals surface area contributed by atoms with Crippen LogP contribution in [-0.4, -0.2) is 22.9 Å². The minimum atomic E-state index is -0.721. The maximum Gasteiger partial charge on any atom is 0.271 e. The summed E-state index contributed by atoms with van der Waals surface area (Å²) in [6.45, 7) is 8.42. The van der Waals surface area contributed by atoms with Crippen molar-refractivity contribution in [2.24, 2.45) is 4.99 Å². The van der Waals surface area contributed by atoms with E-state index in [1.165, 1.54) is 11.3 Å². The SMILES string of the molecule is CCN1C(=O)/C(=c2/sc3n(c2=O)[C@H](c2ccc(C(C)C)cc2)C(C(=O)Nc2ccccc2)=C(C)N=3)c2cc(Br)ccc21. The van der Waals surface area contributed by atoms with Crippen molar-refractivity contribution in [3.8, 4) is 0 Å². The minimum absolute atomic E-state index is 0.216. The lowest BCUT2D eigenvalue weighted by molar-refractivity contribution is -0.114. The molecule has 0 fully saturated rings. The third-order valence-corrected chi connectivity index (χ3v) is 9.26. The van der Waals surface area contributed by atoms with Crippen LogP contribution in [0.1, 0.15) is 56.3 Å².